The predicted molar refractivity (Wildman–Crippen MR) is 103 cm³/mol. The standard InChI is InChI=1S/C20H21NO4S/c1-14-3-5-16(6-4-14)12-26-13-20(24)25-11-19(23)21-18-9-7-17(8-10-18)15(2)22/h3-10H,11-13H2,1-2H3,(H,21,23). The molecule has 1 amide bonds. The van der Waals surface area contributed by atoms with Crippen LogP contribution in [0, 0.1) is 6.92 Å². The quantitative estimate of drug-likeness (QED) is 0.567. The van der Waals surface area contributed by atoms with Crippen molar-refractivity contribution in [2.45, 2.75) is 19.6 Å². The van der Waals surface area contributed by atoms with E-state index in [4.69, 9.17) is 4.74 Å². The van der Waals surface area contributed by atoms with Gasteiger partial charge in [-0.15, -0.1) is 11.8 Å². The zero-order chi connectivity index (χ0) is 18.9. The number of anilines is 1. The average molecular weight is 371 g/mol. The fourth-order valence-electron chi connectivity index (χ4n) is 2.11. The first-order valence-electron chi connectivity index (χ1n) is 8.14. The van der Waals surface area contributed by atoms with Crippen LogP contribution in [-0.2, 0) is 20.1 Å². The monoisotopic (exact) mass is 371 g/mol. The van der Waals surface area contributed by atoms with Crippen molar-refractivity contribution in [2.75, 3.05) is 17.7 Å². The summed E-state index contributed by atoms with van der Waals surface area (Å²) in [5.74, 6) is 0.0139. The van der Waals surface area contributed by atoms with Crippen molar-refractivity contribution < 1.29 is 19.1 Å². The van der Waals surface area contributed by atoms with E-state index in [-0.39, 0.29) is 18.1 Å². The topological polar surface area (TPSA) is 72.5 Å². The zero-order valence-corrected chi connectivity index (χ0v) is 15.6. The van der Waals surface area contributed by atoms with Crippen LogP contribution in [0.15, 0.2) is 48.5 Å². The Morgan fingerprint density at radius 3 is 2.27 bits per heavy atom. The van der Waals surface area contributed by atoms with Gasteiger partial charge < -0.3 is 10.1 Å². The molecule has 0 bridgehead atoms. The Kier molecular flexibility index (Phi) is 7.41. The highest BCUT2D eigenvalue weighted by Gasteiger charge is 2.09. The molecule has 26 heavy (non-hydrogen) atoms. The number of aryl methyl sites for hydroxylation is 1. The molecule has 0 spiro atoms. The highest BCUT2D eigenvalue weighted by molar-refractivity contribution is 7.99. The van der Waals surface area contributed by atoms with E-state index in [0.29, 0.717) is 17.0 Å². The van der Waals surface area contributed by atoms with E-state index in [1.807, 2.05) is 31.2 Å². The summed E-state index contributed by atoms with van der Waals surface area (Å²) in [6.45, 7) is 3.17. The second-order valence-electron chi connectivity index (χ2n) is 5.82. The highest BCUT2D eigenvalue weighted by Crippen LogP contribution is 2.13. The Morgan fingerprint density at radius 1 is 1.00 bits per heavy atom. The number of hydrogen-bond donors (Lipinski definition) is 1. The van der Waals surface area contributed by atoms with Crippen LogP contribution in [0.5, 0.6) is 0 Å². The van der Waals surface area contributed by atoms with E-state index in [1.54, 1.807) is 24.3 Å². The molecule has 1 N–H and O–H groups in total. The number of Topliss-reactive ketones (excluding diaryl/α,β-unsaturated/α-hetero) is 1. The van der Waals surface area contributed by atoms with Crippen LogP contribution in [0.25, 0.3) is 0 Å². The maximum absolute atomic E-state index is 11.8. The van der Waals surface area contributed by atoms with Gasteiger partial charge in [-0.2, -0.15) is 0 Å². The highest BCUT2D eigenvalue weighted by atomic mass is 32.2. The maximum atomic E-state index is 11.8. The number of ether oxygens (including phenoxy) is 1. The number of nitrogens with one attached hydrogen (secondary N) is 1. The summed E-state index contributed by atoms with van der Waals surface area (Å²) < 4.78 is 4.97. The van der Waals surface area contributed by atoms with Gasteiger partial charge in [0.15, 0.2) is 12.4 Å². The molecule has 0 saturated heterocycles. The molecular weight excluding hydrogens is 350 g/mol. The molecule has 5 nitrogen and oxygen atoms in total. The number of amides is 1. The smallest absolute Gasteiger partial charge is 0.316 e. The number of benzene rings is 2. The van der Waals surface area contributed by atoms with Crippen molar-refractivity contribution in [3.8, 4) is 0 Å². The molecule has 0 radical (unpaired) electrons. The summed E-state index contributed by atoms with van der Waals surface area (Å²) >= 11 is 1.44. The van der Waals surface area contributed by atoms with Crippen LogP contribution in [0.2, 0.25) is 0 Å². The van der Waals surface area contributed by atoms with Gasteiger partial charge in [0.2, 0.25) is 0 Å². The van der Waals surface area contributed by atoms with Gasteiger partial charge >= 0.3 is 5.97 Å². The summed E-state index contributed by atoms with van der Waals surface area (Å²) in [5.41, 5.74) is 3.45. The molecule has 0 saturated carbocycles. The molecule has 0 aromatic heterocycles. The molecule has 2 rings (SSSR count). The first-order valence-corrected chi connectivity index (χ1v) is 9.29. The van der Waals surface area contributed by atoms with Crippen LogP contribution in [0.1, 0.15) is 28.4 Å². The minimum absolute atomic E-state index is 0.0417. The number of hydrogen-bond acceptors (Lipinski definition) is 5. The molecule has 2 aromatic rings. The largest absolute Gasteiger partial charge is 0.455 e. The van der Waals surface area contributed by atoms with Crippen LogP contribution >= 0.6 is 11.8 Å². The van der Waals surface area contributed by atoms with E-state index < -0.39 is 11.9 Å². The van der Waals surface area contributed by atoms with Gasteiger partial charge in [-0.1, -0.05) is 29.8 Å². The predicted octanol–water partition coefficient (Wildman–Crippen LogP) is 3.61. The number of carbonyl (C=O) groups excluding carboxylic acids is 3. The molecule has 0 aliphatic carbocycles. The van der Waals surface area contributed by atoms with E-state index in [0.717, 1.165) is 5.56 Å². The number of esters is 1. The molecule has 0 unspecified atom stereocenters. The lowest BCUT2D eigenvalue weighted by atomic mass is 10.1. The molecular formula is C20H21NO4S. The van der Waals surface area contributed by atoms with Crippen molar-refractivity contribution in [3.05, 3.63) is 65.2 Å². The number of thioether (sulfide) groups is 1. The van der Waals surface area contributed by atoms with E-state index >= 15 is 0 Å². The van der Waals surface area contributed by atoms with Gasteiger partial charge in [0.05, 0.1) is 5.75 Å². The lowest BCUT2D eigenvalue weighted by Gasteiger charge is -2.07. The summed E-state index contributed by atoms with van der Waals surface area (Å²) in [6.07, 6.45) is 0. The Morgan fingerprint density at radius 2 is 1.65 bits per heavy atom. The molecule has 2 aromatic carbocycles. The van der Waals surface area contributed by atoms with E-state index in [2.05, 4.69) is 5.32 Å². The van der Waals surface area contributed by atoms with Crippen molar-refractivity contribution in [1.82, 2.24) is 0 Å². The van der Waals surface area contributed by atoms with Crippen molar-refractivity contribution in [1.29, 1.82) is 0 Å². The average Bonchev–Trinajstić information content (AvgIpc) is 2.62. The third kappa shape index (κ3) is 6.72. The zero-order valence-electron chi connectivity index (χ0n) is 14.8. The molecule has 0 fully saturated rings. The van der Waals surface area contributed by atoms with Gasteiger partial charge in [-0.05, 0) is 43.7 Å². The summed E-state index contributed by atoms with van der Waals surface area (Å²) in [6, 6.07) is 14.6. The molecule has 6 heteroatoms. The lowest BCUT2D eigenvalue weighted by Crippen LogP contribution is -2.21. The molecule has 0 atom stereocenters. The van der Waals surface area contributed by atoms with Gasteiger partial charge in [0, 0.05) is 17.0 Å². The van der Waals surface area contributed by atoms with Crippen molar-refractivity contribution >= 4 is 35.1 Å². The van der Waals surface area contributed by atoms with Gasteiger partial charge in [0.1, 0.15) is 0 Å². The van der Waals surface area contributed by atoms with E-state index in [1.165, 1.54) is 24.2 Å². The van der Waals surface area contributed by atoms with Crippen LogP contribution in [0.3, 0.4) is 0 Å². The third-order valence-electron chi connectivity index (χ3n) is 3.55. The number of rotatable bonds is 8. The normalized spacial score (nSPS) is 10.2. The summed E-state index contributed by atoms with van der Waals surface area (Å²) in [4.78, 5) is 34.7. The van der Waals surface area contributed by atoms with Crippen molar-refractivity contribution in [2.24, 2.45) is 0 Å². The van der Waals surface area contributed by atoms with Gasteiger partial charge in [-0.25, -0.2) is 0 Å². The lowest BCUT2D eigenvalue weighted by molar-refractivity contribution is -0.144. The second-order valence-corrected chi connectivity index (χ2v) is 6.81. The van der Waals surface area contributed by atoms with Gasteiger partial charge in [0.25, 0.3) is 5.91 Å². The third-order valence-corrected chi connectivity index (χ3v) is 4.53. The number of ketones is 1. The Hall–Kier alpha value is -2.60. The Balaban J connectivity index is 1.67. The van der Waals surface area contributed by atoms with Crippen LogP contribution < -0.4 is 5.32 Å². The fourth-order valence-corrected chi connectivity index (χ4v) is 2.89. The molecule has 0 aliphatic heterocycles. The first kappa shape index (κ1) is 19.7. The summed E-state index contributed by atoms with van der Waals surface area (Å²) in [7, 11) is 0. The second kappa shape index (κ2) is 9.77. The Bertz CT molecular complexity index is 769. The molecule has 136 valence electrons. The maximum Gasteiger partial charge on any atom is 0.316 e. The van der Waals surface area contributed by atoms with Crippen molar-refractivity contribution in [3.63, 3.8) is 0 Å². The first-order chi connectivity index (χ1) is 12.4. The minimum atomic E-state index is -0.427. The molecule has 0 heterocycles. The van der Waals surface area contributed by atoms with Crippen LogP contribution in [-0.4, -0.2) is 30.0 Å². The molecule has 0 aliphatic rings. The Labute approximate surface area is 157 Å². The SMILES string of the molecule is CC(=O)c1ccc(NC(=O)COC(=O)CSCc2ccc(C)cc2)cc1. The minimum Gasteiger partial charge on any atom is -0.455 e. The summed E-state index contributed by atoms with van der Waals surface area (Å²) in [5, 5.41) is 2.62. The van der Waals surface area contributed by atoms with E-state index in [9.17, 15) is 14.4 Å². The fraction of sp³-hybridized carbons (Fsp3) is 0.250. The number of carbonyl (C=O) groups is 3. The van der Waals surface area contributed by atoms with Gasteiger partial charge in [-0.3, -0.25) is 14.4 Å². The van der Waals surface area contributed by atoms with Crippen LogP contribution in [0.4, 0.5) is 5.69 Å².